The average Bonchev–Trinajstić information content (AvgIpc) is 2.61. The molecular formula is C19H19FN2O. The standard InChI is InChI=1S/C19H19FN2O/c20-18-7-5-16(6-8-18)17-12-15(13-21-14-17)4-9-19(23)22-10-2-1-3-11-22/h4-9,12-14H,1-3,10-11H2/b9-4+. The highest BCUT2D eigenvalue weighted by molar-refractivity contribution is 5.92. The molecule has 1 aromatic heterocycles. The fourth-order valence-electron chi connectivity index (χ4n) is 2.74. The number of hydrogen-bond acceptors (Lipinski definition) is 2. The van der Waals surface area contributed by atoms with Crippen LogP contribution in [0.15, 0.2) is 48.8 Å². The molecule has 23 heavy (non-hydrogen) atoms. The summed E-state index contributed by atoms with van der Waals surface area (Å²) in [5.74, 6) is -0.207. The van der Waals surface area contributed by atoms with Crippen LogP contribution in [0.4, 0.5) is 4.39 Å². The molecule has 0 aliphatic carbocycles. The van der Waals surface area contributed by atoms with Gasteiger partial charge in [-0.15, -0.1) is 0 Å². The van der Waals surface area contributed by atoms with Gasteiger partial charge in [0.25, 0.3) is 0 Å². The van der Waals surface area contributed by atoms with Crippen LogP contribution >= 0.6 is 0 Å². The molecule has 2 aromatic rings. The van der Waals surface area contributed by atoms with Gasteiger partial charge in [-0.2, -0.15) is 0 Å². The molecule has 0 N–H and O–H groups in total. The van der Waals surface area contributed by atoms with E-state index in [0.29, 0.717) is 0 Å². The Morgan fingerprint density at radius 1 is 1.04 bits per heavy atom. The zero-order valence-electron chi connectivity index (χ0n) is 12.9. The van der Waals surface area contributed by atoms with E-state index in [1.54, 1.807) is 36.7 Å². The van der Waals surface area contributed by atoms with Crippen LogP contribution in [0.2, 0.25) is 0 Å². The van der Waals surface area contributed by atoms with Gasteiger partial charge in [-0.3, -0.25) is 9.78 Å². The van der Waals surface area contributed by atoms with E-state index in [9.17, 15) is 9.18 Å². The molecule has 1 aliphatic heterocycles. The Kier molecular flexibility index (Phi) is 4.81. The second-order valence-corrected chi connectivity index (χ2v) is 5.73. The first-order chi connectivity index (χ1) is 11.2. The Morgan fingerprint density at radius 2 is 1.78 bits per heavy atom. The Hall–Kier alpha value is -2.49. The van der Waals surface area contributed by atoms with E-state index < -0.39 is 0 Å². The highest BCUT2D eigenvalue weighted by atomic mass is 19.1. The number of benzene rings is 1. The highest BCUT2D eigenvalue weighted by Gasteiger charge is 2.13. The first-order valence-electron chi connectivity index (χ1n) is 7.90. The lowest BCUT2D eigenvalue weighted by atomic mass is 10.1. The van der Waals surface area contributed by atoms with Gasteiger partial charge in [-0.25, -0.2) is 4.39 Å². The summed E-state index contributed by atoms with van der Waals surface area (Å²) in [7, 11) is 0. The third kappa shape index (κ3) is 4.03. The summed E-state index contributed by atoms with van der Waals surface area (Å²) in [6.07, 6.45) is 10.2. The van der Waals surface area contributed by atoms with Crippen molar-refractivity contribution in [3.63, 3.8) is 0 Å². The van der Waals surface area contributed by atoms with Gasteiger partial charge in [0, 0.05) is 37.1 Å². The number of amides is 1. The maximum absolute atomic E-state index is 13.0. The number of nitrogens with zero attached hydrogens (tertiary/aromatic N) is 2. The molecule has 2 heterocycles. The summed E-state index contributed by atoms with van der Waals surface area (Å²) < 4.78 is 13.0. The minimum Gasteiger partial charge on any atom is -0.339 e. The Balaban J connectivity index is 1.73. The predicted octanol–water partition coefficient (Wildman–Crippen LogP) is 3.91. The van der Waals surface area contributed by atoms with Crippen LogP contribution in [0.3, 0.4) is 0 Å². The van der Waals surface area contributed by atoms with Crippen molar-refractivity contribution in [2.24, 2.45) is 0 Å². The number of halogens is 1. The number of carbonyl (C=O) groups excluding carboxylic acids is 1. The molecule has 1 aliphatic rings. The second kappa shape index (κ2) is 7.18. The van der Waals surface area contributed by atoms with Gasteiger partial charge in [-0.05, 0) is 54.7 Å². The van der Waals surface area contributed by atoms with Crippen molar-refractivity contribution in [2.45, 2.75) is 19.3 Å². The van der Waals surface area contributed by atoms with Crippen LogP contribution in [0.5, 0.6) is 0 Å². The van der Waals surface area contributed by atoms with E-state index in [1.165, 1.54) is 18.6 Å². The lowest BCUT2D eigenvalue weighted by molar-refractivity contribution is -0.126. The van der Waals surface area contributed by atoms with Gasteiger partial charge in [-0.1, -0.05) is 12.1 Å². The Bertz CT molecular complexity index is 704. The molecule has 1 amide bonds. The van der Waals surface area contributed by atoms with Crippen LogP contribution in [0, 0.1) is 5.82 Å². The summed E-state index contributed by atoms with van der Waals surface area (Å²) in [4.78, 5) is 18.2. The molecule has 0 spiro atoms. The summed E-state index contributed by atoms with van der Waals surface area (Å²) in [5.41, 5.74) is 2.66. The minimum atomic E-state index is -0.259. The summed E-state index contributed by atoms with van der Waals surface area (Å²) >= 11 is 0. The van der Waals surface area contributed by atoms with Gasteiger partial charge in [0.1, 0.15) is 5.82 Å². The van der Waals surface area contributed by atoms with E-state index in [-0.39, 0.29) is 11.7 Å². The van der Waals surface area contributed by atoms with Gasteiger partial charge < -0.3 is 4.90 Å². The number of carbonyl (C=O) groups is 1. The molecule has 0 radical (unpaired) electrons. The van der Waals surface area contributed by atoms with Crippen molar-refractivity contribution >= 4 is 12.0 Å². The molecule has 4 heteroatoms. The normalized spacial score (nSPS) is 15.1. The maximum atomic E-state index is 13.0. The molecular weight excluding hydrogens is 291 g/mol. The van der Waals surface area contributed by atoms with Crippen LogP contribution in [0.1, 0.15) is 24.8 Å². The molecule has 3 nitrogen and oxygen atoms in total. The molecule has 1 aromatic carbocycles. The van der Waals surface area contributed by atoms with E-state index in [1.807, 2.05) is 11.0 Å². The molecule has 118 valence electrons. The smallest absolute Gasteiger partial charge is 0.246 e. The molecule has 0 bridgehead atoms. The maximum Gasteiger partial charge on any atom is 0.246 e. The number of likely N-dealkylation sites (tertiary alicyclic amines) is 1. The SMILES string of the molecule is O=C(/C=C/c1cncc(-c2ccc(F)cc2)c1)N1CCCCC1. The topological polar surface area (TPSA) is 33.2 Å². The largest absolute Gasteiger partial charge is 0.339 e. The summed E-state index contributed by atoms with van der Waals surface area (Å²) in [5, 5.41) is 0. The molecule has 0 unspecified atom stereocenters. The zero-order valence-corrected chi connectivity index (χ0v) is 12.9. The number of rotatable bonds is 3. The van der Waals surface area contributed by atoms with Crippen molar-refractivity contribution in [2.75, 3.05) is 13.1 Å². The molecule has 0 atom stereocenters. The van der Waals surface area contributed by atoms with Crippen molar-refractivity contribution in [3.8, 4) is 11.1 Å². The lowest BCUT2D eigenvalue weighted by Gasteiger charge is -2.25. The molecule has 0 saturated carbocycles. The Labute approximate surface area is 135 Å². The van der Waals surface area contributed by atoms with Gasteiger partial charge >= 0.3 is 0 Å². The van der Waals surface area contributed by atoms with E-state index in [0.717, 1.165) is 42.6 Å². The number of piperidine rings is 1. The van der Waals surface area contributed by atoms with Crippen molar-refractivity contribution < 1.29 is 9.18 Å². The number of aromatic nitrogens is 1. The molecule has 1 fully saturated rings. The number of hydrogen-bond donors (Lipinski definition) is 0. The fourth-order valence-corrected chi connectivity index (χ4v) is 2.74. The monoisotopic (exact) mass is 310 g/mol. The third-order valence-electron chi connectivity index (χ3n) is 4.02. The molecule has 3 rings (SSSR count). The second-order valence-electron chi connectivity index (χ2n) is 5.73. The first-order valence-corrected chi connectivity index (χ1v) is 7.90. The van der Waals surface area contributed by atoms with E-state index in [2.05, 4.69) is 4.98 Å². The van der Waals surface area contributed by atoms with Crippen LogP contribution in [0.25, 0.3) is 17.2 Å². The number of pyridine rings is 1. The average molecular weight is 310 g/mol. The quantitative estimate of drug-likeness (QED) is 0.805. The van der Waals surface area contributed by atoms with Crippen LogP contribution in [-0.2, 0) is 4.79 Å². The minimum absolute atomic E-state index is 0.0527. The third-order valence-corrected chi connectivity index (χ3v) is 4.02. The van der Waals surface area contributed by atoms with Crippen LogP contribution in [-0.4, -0.2) is 28.9 Å². The van der Waals surface area contributed by atoms with Gasteiger partial charge in [0.15, 0.2) is 0 Å². The van der Waals surface area contributed by atoms with E-state index in [4.69, 9.17) is 0 Å². The zero-order chi connectivity index (χ0) is 16.1. The first kappa shape index (κ1) is 15.4. The lowest BCUT2D eigenvalue weighted by Crippen LogP contribution is -2.34. The van der Waals surface area contributed by atoms with Gasteiger partial charge in [0.05, 0.1) is 0 Å². The van der Waals surface area contributed by atoms with Crippen LogP contribution < -0.4 is 0 Å². The summed E-state index contributed by atoms with van der Waals surface area (Å²) in [6.45, 7) is 1.69. The highest BCUT2D eigenvalue weighted by Crippen LogP contribution is 2.20. The van der Waals surface area contributed by atoms with Crippen molar-refractivity contribution in [1.29, 1.82) is 0 Å². The van der Waals surface area contributed by atoms with Crippen molar-refractivity contribution in [3.05, 3.63) is 60.2 Å². The summed E-state index contributed by atoms with van der Waals surface area (Å²) in [6, 6.07) is 8.24. The molecule has 1 saturated heterocycles. The predicted molar refractivity (Wildman–Crippen MR) is 89.1 cm³/mol. The Morgan fingerprint density at radius 3 is 2.52 bits per heavy atom. The van der Waals surface area contributed by atoms with Crippen molar-refractivity contribution in [1.82, 2.24) is 9.88 Å². The fraction of sp³-hybridized carbons (Fsp3) is 0.263. The van der Waals surface area contributed by atoms with Gasteiger partial charge in [0.2, 0.25) is 5.91 Å². The van der Waals surface area contributed by atoms with E-state index >= 15 is 0 Å².